The number of nitrogens with two attached hydrogens (primary N) is 1. The number of hydrogen-bond acceptors (Lipinski definition) is 3. The Hall–Kier alpha value is -0.910. The molecule has 0 radical (unpaired) electrons. The summed E-state index contributed by atoms with van der Waals surface area (Å²) in [7, 11) is -3.32. The maximum absolute atomic E-state index is 12.7. The van der Waals surface area contributed by atoms with Crippen LogP contribution in [-0.2, 0) is 22.9 Å². The van der Waals surface area contributed by atoms with E-state index in [1.807, 2.05) is 12.1 Å². The first kappa shape index (κ1) is 14.0. The van der Waals surface area contributed by atoms with Crippen molar-refractivity contribution in [2.24, 2.45) is 11.7 Å². The van der Waals surface area contributed by atoms with E-state index in [9.17, 15) is 8.42 Å². The molecule has 1 heterocycles. The van der Waals surface area contributed by atoms with Crippen LogP contribution in [0.1, 0.15) is 30.4 Å². The normalized spacial score (nSPS) is 23.1. The van der Waals surface area contributed by atoms with Gasteiger partial charge in [-0.3, -0.25) is 0 Å². The zero-order valence-corrected chi connectivity index (χ0v) is 12.5. The van der Waals surface area contributed by atoms with Crippen molar-refractivity contribution in [3.05, 3.63) is 29.3 Å². The highest BCUT2D eigenvalue weighted by atomic mass is 32.2. The van der Waals surface area contributed by atoms with E-state index in [0.717, 1.165) is 32.1 Å². The van der Waals surface area contributed by atoms with Gasteiger partial charge in [0.1, 0.15) is 0 Å². The number of fused-ring (bicyclic) bond motifs is 1. The fourth-order valence-electron chi connectivity index (χ4n) is 3.34. The lowest BCUT2D eigenvalue weighted by atomic mass is 10.1. The predicted molar refractivity (Wildman–Crippen MR) is 79.0 cm³/mol. The highest BCUT2D eigenvalue weighted by Crippen LogP contribution is 2.29. The van der Waals surface area contributed by atoms with Crippen molar-refractivity contribution < 1.29 is 8.42 Å². The second-order valence-corrected chi connectivity index (χ2v) is 7.82. The molecule has 4 nitrogen and oxygen atoms in total. The van der Waals surface area contributed by atoms with Gasteiger partial charge in [0.25, 0.3) is 0 Å². The van der Waals surface area contributed by atoms with Gasteiger partial charge in [-0.2, -0.15) is 4.31 Å². The quantitative estimate of drug-likeness (QED) is 0.916. The van der Waals surface area contributed by atoms with Gasteiger partial charge in [0, 0.05) is 13.1 Å². The van der Waals surface area contributed by atoms with Crippen LogP contribution in [0.5, 0.6) is 0 Å². The fourth-order valence-corrected chi connectivity index (χ4v) is 4.93. The molecule has 3 rings (SSSR count). The average Bonchev–Trinajstić information content (AvgIpc) is 3.06. The van der Waals surface area contributed by atoms with Crippen LogP contribution in [0.2, 0.25) is 0 Å². The van der Waals surface area contributed by atoms with Crippen molar-refractivity contribution in [2.75, 3.05) is 19.6 Å². The molecule has 1 aliphatic carbocycles. The average molecular weight is 294 g/mol. The summed E-state index contributed by atoms with van der Waals surface area (Å²) in [5, 5.41) is 0. The Morgan fingerprint density at radius 2 is 2.05 bits per heavy atom. The Labute approximate surface area is 121 Å². The number of rotatable bonds is 4. The monoisotopic (exact) mass is 294 g/mol. The molecule has 1 aromatic rings. The van der Waals surface area contributed by atoms with Crippen LogP contribution in [-0.4, -0.2) is 32.4 Å². The first-order valence-corrected chi connectivity index (χ1v) is 8.87. The Morgan fingerprint density at radius 3 is 2.85 bits per heavy atom. The Bertz CT molecular complexity index is 598. The van der Waals surface area contributed by atoms with E-state index in [1.54, 1.807) is 10.4 Å². The Balaban J connectivity index is 1.82. The van der Waals surface area contributed by atoms with Gasteiger partial charge in [-0.1, -0.05) is 6.07 Å². The van der Waals surface area contributed by atoms with E-state index >= 15 is 0 Å². The second-order valence-electron chi connectivity index (χ2n) is 5.88. The van der Waals surface area contributed by atoms with Crippen molar-refractivity contribution in [2.45, 2.75) is 37.0 Å². The van der Waals surface area contributed by atoms with Gasteiger partial charge >= 0.3 is 0 Å². The number of benzene rings is 1. The van der Waals surface area contributed by atoms with E-state index in [1.165, 1.54) is 11.1 Å². The largest absolute Gasteiger partial charge is 0.330 e. The molecule has 5 heteroatoms. The zero-order valence-electron chi connectivity index (χ0n) is 11.7. The Kier molecular flexibility index (Phi) is 3.84. The van der Waals surface area contributed by atoms with Crippen molar-refractivity contribution in [3.8, 4) is 0 Å². The van der Waals surface area contributed by atoms with E-state index in [-0.39, 0.29) is 0 Å². The van der Waals surface area contributed by atoms with Crippen molar-refractivity contribution in [1.82, 2.24) is 4.31 Å². The summed E-state index contributed by atoms with van der Waals surface area (Å²) >= 11 is 0. The van der Waals surface area contributed by atoms with Crippen LogP contribution >= 0.6 is 0 Å². The number of aryl methyl sites for hydroxylation is 2. The molecule has 0 saturated carbocycles. The smallest absolute Gasteiger partial charge is 0.243 e. The van der Waals surface area contributed by atoms with E-state index in [2.05, 4.69) is 0 Å². The minimum atomic E-state index is -3.32. The van der Waals surface area contributed by atoms with E-state index in [4.69, 9.17) is 5.73 Å². The summed E-state index contributed by atoms with van der Waals surface area (Å²) in [6, 6.07) is 5.65. The van der Waals surface area contributed by atoms with Crippen LogP contribution < -0.4 is 5.73 Å². The molecule has 1 aromatic carbocycles. The van der Waals surface area contributed by atoms with Gasteiger partial charge < -0.3 is 5.73 Å². The van der Waals surface area contributed by atoms with Crippen LogP contribution in [0.25, 0.3) is 0 Å². The SMILES string of the molecule is NCCC1CCN(S(=O)(=O)c2ccc3c(c2)CCC3)C1. The van der Waals surface area contributed by atoms with Crippen LogP contribution in [0.3, 0.4) is 0 Å². The van der Waals surface area contributed by atoms with E-state index < -0.39 is 10.0 Å². The lowest BCUT2D eigenvalue weighted by molar-refractivity contribution is 0.448. The molecule has 1 saturated heterocycles. The molecule has 1 unspecified atom stereocenters. The number of hydrogen-bond donors (Lipinski definition) is 1. The van der Waals surface area contributed by atoms with Crippen molar-refractivity contribution in [1.29, 1.82) is 0 Å². The first-order chi connectivity index (χ1) is 9.61. The summed E-state index contributed by atoms with van der Waals surface area (Å²) < 4.78 is 27.0. The van der Waals surface area contributed by atoms with Gasteiger partial charge in [0.2, 0.25) is 10.0 Å². The lowest BCUT2D eigenvalue weighted by Crippen LogP contribution is -2.29. The summed E-state index contributed by atoms with van der Waals surface area (Å²) in [6.07, 6.45) is 5.07. The van der Waals surface area contributed by atoms with Gasteiger partial charge in [-0.25, -0.2) is 8.42 Å². The molecule has 0 spiro atoms. The van der Waals surface area contributed by atoms with Gasteiger partial charge in [-0.15, -0.1) is 0 Å². The standard InChI is InChI=1S/C15H22N2O2S/c16-8-6-12-7-9-17(11-12)20(18,19)15-5-4-13-2-1-3-14(13)10-15/h4-5,10,12H,1-3,6-9,11,16H2. The summed E-state index contributed by atoms with van der Waals surface area (Å²) in [4.78, 5) is 0.464. The number of nitrogens with zero attached hydrogens (tertiary/aromatic N) is 1. The second kappa shape index (κ2) is 5.47. The molecule has 2 aliphatic rings. The van der Waals surface area contributed by atoms with Crippen LogP contribution in [0, 0.1) is 5.92 Å². The summed E-state index contributed by atoms with van der Waals surface area (Å²) in [6.45, 7) is 1.89. The van der Waals surface area contributed by atoms with Gasteiger partial charge in [-0.05, 0) is 67.8 Å². The third-order valence-electron chi connectivity index (χ3n) is 4.53. The molecule has 1 aliphatic heterocycles. The molecular formula is C15H22N2O2S. The molecule has 0 bridgehead atoms. The van der Waals surface area contributed by atoms with Crippen LogP contribution in [0.4, 0.5) is 0 Å². The highest BCUT2D eigenvalue weighted by molar-refractivity contribution is 7.89. The molecule has 20 heavy (non-hydrogen) atoms. The maximum atomic E-state index is 12.7. The topological polar surface area (TPSA) is 63.4 Å². The maximum Gasteiger partial charge on any atom is 0.243 e. The molecular weight excluding hydrogens is 272 g/mol. The lowest BCUT2D eigenvalue weighted by Gasteiger charge is -2.17. The van der Waals surface area contributed by atoms with Crippen molar-refractivity contribution >= 4 is 10.0 Å². The zero-order chi connectivity index (χ0) is 14.2. The predicted octanol–water partition coefficient (Wildman–Crippen LogP) is 1.53. The number of sulfonamides is 1. The van der Waals surface area contributed by atoms with Gasteiger partial charge in [0.15, 0.2) is 0 Å². The molecule has 1 fully saturated rings. The third kappa shape index (κ3) is 2.50. The fraction of sp³-hybridized carbons (Fsp3) is 0.600. The molecule has 1 atom stereocenters. The Morgan fingerprint density at radius 1 is 1.25 bits per heavy atom. The first-order valence-electron chi connectivity index (χ1n) is 7.43. The summed E-state index contributed by atoms with van der Waals surface area (Å²) in [5.41, 5.74) is 8.09. The summed E-state index contributed by atoms with van der Waals surface area (Å²) in [5.74, 6) is 0.421. The molecule has 2 N–H and O–H groups in total. The van der Waals surface area contributed by atoms with Crippen LogP contribution in [0.15, 0.2) is 23.1 Å². The molecule has 110 valence electrons. The van der Waals surface area contributed by atoms with Crippen molar-refractivity contribution in [3.63, 3.8) is 0 Å². The minimum absolute atomic E-state index is 0.421. The van der Waals surface area contributed by atoms with E-state index in [0.29, 0.717) is 30.4 Å². The van der Waals surface area contributed by atoms with Gasteiger partial charge in [0.05, 0.1) is 4.90 Å². The molecule has 0 aromatic heterocycles. The molecule has 0 amide bonds. The minimum Gasteiger partial charge on any atom is -0.330 e. The third-order valence-corrected chi connectivity index (χ3v) is 6.39. The highest BCUT2D eigenvalue weighted by Gasteiger charge is 2.32.